The third kappa shape index (κ3) is 2.51. The number of ether oxygens (including phenoxy) is 1. The predicted molar refractivity (Wildman–Crippen MR) is 75.4 cm³/mol. The number of halogens is 3. The smallest absolute Gasteiger partial charge is 0.193 e. The van der Waals surface area contributed by atoms with Gasteiger partial charge in [0.1, 0.15) is 17.7 Å². The molecule has 1 aliphatic carbocycles. The number of fused-ring (bicyclic) bond motifs is 1. The van der Waals surface area contributed by atoms with Gasteiger partial charge in [0, 0.05) is 22.9 Å². The molecule has 0 saturated heterocycles. The molecule has 0 amide bonds. The number of aliphatic hydroxyl groups is 1. The molecule has 1 aliphatic rings. The zero-order valence-corrected chi connectivity index (χ0v) is 11.9. The number of alkyl halides is 2. The molecule has 0 saturated carbocycles. The van der Waals surface area contributed by atoms with Crippen molar-refractivity contribution < 1.29 is 23.0 Å². The highest BCUT2D eigenvalue weighted by Crippen LogP contribution is 2.49. The van der Waals surface area contributed by atoms with Crippen LogP contribution in [0, 0.1) is 19.3 Å². The summed E-state index contributed by atoms with van der Waals surface area (Å²) in [5.74, 6) is -0.836. The fraction of sp³-hybridized carbons (Fsp3) is 0.250. The molecule has 0 spiro atoms. The van der Waals surface area contributed by atoms with Gasteiger partial charge in [-0.15, -0.1) is 0 Å². The van der Waals surface area contributed by atoms with Crippen molar-refractivity contribution in [1.82, 2.24) is 4.98 Å². The normalized spacial score (nSPS) is 22.5. The molecule has 118 valence electrons. The van der Waals surface area contributed by atoms with Crippen molar-refractivity contribution in [1.29, 1.82) is 0 Å². The maximum Gasteiger partial charge on any atom is 0.193 e. The quantitative estimate of drug-likeness (QED) is 0.841. The number of benzene rings is 1. The van der Waals surface area contributed by atoms with E-state index in [1.54, 1.807) is 0 Å². The lowest BCUT2D eigenvalue weighted by Gasteiger charge is -2.13. The lowest BCUT2D eigenvalue weighted by atomic mass is 10.1. The predicted octanol–water partition coefficient (Wildman–Crippen LogP) is 4.27. The summed E-state index contributed by atoms with van der Waals surface area (Å²) in [6.45, 7) is 8.42. The molecule has 4 nitrogen and oxygen atoms in total. The van der Waals surface area contributed by atoms with Gasteiger partial charge in [-0.1, -0.05) is 0 Å². The van der Waals surface area contributed by atoms with Crippen LogP contribution in [0.1, 0.15) is 29.1 Å². The molecule has 0 fully saturated rings. The van der Waals surface area contributed by atoms with Crippen LogP contribution in [0.3, 0.4) is 0 Å². The summed E-state index contributed by atoms with van der Waals surface area (Å²) >= 11 is 0. The minimum Gasteiger partial charge on any atom is -0.457 e. The van der Waals surface area contributed by atoms with Crippen LogP contribution in [0.25, 0.3) is 4.85 Å². The van der Waals surface area contributed by atoms with E-state index >= 15 is 0 Å². The average molecular weight is 320 g/mol. The Morgan fingerprint density at radius 3 is 2.70 bits per heavy atom. The molecule has 1 N–H and O–H groups in total. The highest BCUT2D eigenvalue weighted by Gasteiger charge is 2.44. The SMILES string of the molecule is [C-]#[N+]c1cc(F)cc(Oc2cnc(C)c3c2[C@@H](F)[C@@H](F)[C@H]3O)c1. The van der Waals surface area contributed by atoms with E-state index in [-0.39, 0.29) is 28.3 Å². The molecule has 23 heavy (non-hydrogen) atoms. The number of hydrogen-bond donors (Lipinski definition) is 1. The van der Waals surface area contributed by atoms with Crippen molar-refractivity contribution in [2.75, 3.05) is 0 Å². The number of aryl methyl sites for hydroxylation is 1. The molecule has 0 unspecified atom stereocenters. The van der Waals surface area contributed by atoms with Crippen molar-refractivity contribution in [3.8, 4) is 11.5 Å². The van der Waals surface area contributed by atoms with Gasteiger partial charge >= 0.3 is 0 Å². The van der Waals surface area contributed by atoms with Crippen LogP contribution in [0.15, 0.2) is 24.4 Å². The van der Waals surface area contributed by atoms with Crippen LogP contribution < -0.4 is 4.74 Å². The lowest BCUT2D eigenvalue weighted by Crippen LogP contribution is -2.09. The average Bonchev–Trinajstić information content (AvgIpc) is 2.75. The van der Waals surface area contributed by atoms with Crippen LogP contribution in [0.4, 0.5) is 18.9 Å². The van der Waals surface area contributed by atoms with Gasteiger partial charge in [0.05, 0.1) is 12.8 Å². The summed E-state index contributed by atoms with van der Waals surface area (Å²) in [6.07, 6.45) is -4.61. The van der Waals surface area contributed by atoms with Crippen LogP contribution in [-0.2, 0) is 0 Å². The van der Waals surface area contributed by atoms with Gasteiger partial charge in [-0.25, -0.2) is 18.0 Å². The van der Waals surface area contributed by atoms with E-state index in [0.717, 1.165) is 12.1 Å². The Morgan fingerprint density at radius 1 is 1.26 bits per heavy atom. The highest BCUT2D eigenvalue weighted by molar-refractivity contribution is 5.53. The number of aliphatic hydroxyl groups excluding tert-OH is 1. The van der Waals surface area contributed by atoms with E-state index in [2.05, 4.69) is 9.83 Å². The minimum atomic E-state index is -2.11. The lowest BCUT2D eigenvalue weighted by molar-refractivity contribution is 0.0462. The zero-order valence-electron chi connectivity index (χ0n) is 11.9. The summed E-state index contributed by atoms with van der Waals surface area (Å²) in [6, 6.07) is 3.32. The van der Waals surface area contributed by atoms with Gasteiger partial charge in [-0.3, -0.25) is 4.98 Å². The van der Waals surface area contributed by atoms with Crippen molar-refractivity contribution in [3.63, 3.8) is 0 Å². The molecule has 7 heteroatoms. The van der Waals surface area contributed by atoms with Gasteiger partial charge in [0.25, 0.3) is 0 Å². The van der Waals surface area contributed by atoms with E-state index in [1.807, 2.05) is 0 Å². The van der Waals surface area contributed by atoms with Crippen molar-refractivity contribution in [2.45, 2.75) is 25.4 Å². The van der Waals surface area contributed by atoms with Gasteiger partial charge in [0.2, 0.25) is 0 Å². The van der Waals surface area contributed by atoms with Gasteiger partial charge in [-0.2, -0.15) is 0 Å². The highest BCUT2D eigenvalue weighted by atomic mass is 19.2. The van der Waals surface area contributed by atoms with E-state index in [9.17, 15) is 18.3 Å². The summed E-state index contributed by atoms with van der Waals surface area (Å²) in [5.41, 5.74) is 0.219. The minimum absolute atomic E-state index is 0.0110. The Bertz CT molecular complexity index is 820. The van der Waals surface area contributed by atoms with Gasteiger partial charge in [-0.05, 0) is 19.1 Å². The Labute approximate surface area is 130 Å². The molecule has 0 aliphatic heterocycles. The number of nitrogens with zero attached hydrogens (tertiary/aromatic N) is 2. The Balaban J connectivity index is 2.07. The first-order chi connectivity index (χ1) is 10.9. The van der Waals surface area contributed by atoms with Crippen LogP contribution in [-0.4, -0.2) is 16.3 Å². The maximum atomic E-state index is 14.2. The molecule has 1 heterocycles. The van der Waals surface area contributed by atoms with Crippen LogP contribution in [0.2, 0.25) is 0 Å². The van der Waals surface area contributed by atoms with Gasteiger partial charge in [0.15, 0.2) is 23.8 Å². The number of hydrogen-bond acceptors (Lipinski definition) is 3. The second-order valence-corrected chi connectivity index (χ2v) is 5.19. The first-order valence-electron chi connectivity index (χ1n) is 6.74. The maximum absolute atomic E-state index is 14.2. The molecule has 1 aromatic carbocycles. The fourth-order valence-corrected chi connectivity index (χ4v) is 2.64. The van der Waals surface area contributed by atoms with E-state index in [1.165, 1.54) is 19.2 Å². The Morgan fingerprint density at radius 2 is 2.00 bits per heavy atom. The second kappa shape index (κ2) is 5.56. The van der Waals surface area contributed by atoms with Crippen LogP contribution >= 0.6 is 0 Å². The topological polar surface area (TPSA) is 46.7 Å². The summed E-state index contributed by atoms with van der Waals surface area (Å²) in [5, 5.41) is 9.81. The van der Waals surface area contributed by atoms with Crippen molar-refractivity contribution in [3.05, 3.63) is 58.5 Å². The molecule has 0 bridgehead atoms. The first-order valence-corrected chi connectivity index (χ1v) is 6.74. The monoisotopic (exact) mass is 320 g/mol. The van der Waals surface area contributed by atoms with Crippen LogP contribution in [0.5, 0.6) is 11.5 Å². The number of pyridine rings is 1. The molecule has 2 aromatic rings. The largest absolute Gasteiger partial charge is 0.457 e. The molecular formula is C16H11F3N2O2. The summed E-state index contributed by atoms with van der Waals surface area (Å²) < 4.78 is 46.8. The standard InChI is InChI=1S/C16H11F3N2O2/c1-7-12-13(14(18)15(19)16(12)22)11(6-21-7)23-10-4-8(17)3-9(5-10)20-2/h3-6,14-16,22H,1H3/t14-,15-,16+/m1/s1. The Hall–Kier alpha value is -2.59. The number of rotatable bonds is 2. The third-order valence-electron chi connectivity index (χ3n) is 3.69. The second-order valence-electron chi connectivity index (χ2n) is 5.19. The van der Waals surface area contributed by atoms with Gasteiger partial charge < -0.3 is 9.84 Å². The fourth-order valence-electron chi connectivity index (χ4n) is 2.64. The summed E-state index contributed by atoms with van der Waals surface area (Å²) in [4.78, 5) is 7.06. The van der Waals surface area contributed by atoms with E-state index < -0.39 is 24.3 Å². The molecule has 1 aromatic heterocycles. The van der Waals surface area contributed by atoms with Crippen molar-refractivity contribution >= 4 is 5.69 Å². The van der Waals surface area contributed by atoms with Crippen molar-refractivity contribution in [2.24, 2.45) is 0 Å². The molecule has 3 atom stereocenters. The van der Waals surface area contributed by atoms with E-state index in [0.29, 0.717) is 5.69 Å². The molecular weight excluding hydrogens is 309 g/mol. The molecule has 0 radical (unpaired) electrons. The number of aromatic nitrogens is 1. The zero-order chi connectivity index (χ0) is 16.7. The third-order valence-corrected chi connectivity index (χ3v) is 3.69. The molecule has 3 rings (SSSR count). The Kier molecular flexibility index (Phi) is 3.70. The first kappa shape index (κ1) is 15.3. The summed E-state index contributed by atoms with van der Waals surface area (Å²) in [7, 11) is 0. The van der Waals surface area contributed by atoms with E-state index in [4.69, 9.17) is 11.3 Å².